The van der Waals surface area contributed by atoms with Crippen molar-refractivity contribution in [2.45, 2.75) is 33.7 Å². The predicted molar refractivity (Wildman–Crippen MR) is 53.1 cm³/mol. The Hall–Kier alpha value is -0.0800. The Morgan fingerprint density at radius 3 is 2.17 bits per heavy atom. The second-order valence-corrected chi connectivity index (χ2v) is 5.16. The molecule has 1 aliphatic rings. The van der Waals surface area contributed by atoms with E-state index in [1.165, 1.54) is 13.1 Å². The molecule has 1 aliphatic heterocycles. The van der Waals surface area contributed by atoms with Crippen LogP contribution in [0.3, 0.4) is 0 Å². The zero-order valence-corrected chi connectivity index (χ0v) is 9.09. The molecule has 0 unspecified atom stereocenters. The van der Waals surface area contributed by atoms with Gasteiger partial charge in [-0.15, -0.1) is 0 Å². The Labute approximate surface area is 76.5 Å². The average Bonchev–Trinajstić information content (AvgIpc) is 1.82. The van der Waals surface area contributed by atoms with Crippen LogP contribution >= 0.6 is 0 Å². The lowest BCUT2D eigenvalue weighted by molar-refractivity contribution is 0.00648. The zero-order chi connectivity index (χ0) is 9.35. The van der Waals surface area contributed by atoms with Crippen LogP contribution in [0.2, 0.25) is 0 Å². The van der Waals surface area contributed by atoms with Crippen LogP contribution in [0.1, 0.15) is 27.7 Å². The second-order valence-electron chi connectivity index (χ2n) is 5.16. The molecule has 72 valence electrons. The molecule has 2 heteroatoms. The summed E-state index contributed by atoms with van der Waals surface area (Å²) in [6.07, 6.45) is 0. The average molecular weight is 170 g/mol. The monoisotopic (exact) mass is 170 g/mol. The Morgan fingerprint density at radius 2 is 1.75 bits per heavy atom. The summed E-state index contributed by atoms with van der Waals surface area (Å²) in [5, 5.41) is 0. The molecule has 0 atom stereocenters. The summed E-state index contributed by atoms with van der Waals surface area (Å²) in [6.45, 7) is 12.8. The second kappa shape index (κ2) is 3.35. The van der Waals surface area contributed by atoms with Crippen molar-refractivity contribution in [3.63, 3.8) is 0 Å². The van der Waals surface area contributed by atoms with Crippen molar-refractivity contribution in [3.05, 3.63) is 0 Å². The molecular weight excluding hydrogens is 148 g/mol. The molecule has 1 rings (SSSR count). The molecular formula is C10H22N2. The fourth-order valence-electron chi connectivity index (χ4n) is 2.09. The number of hydrogen-bond acceptors (Lipinski definition) is 2. The van der Waals surface area contributed by atoms with Gasteiger partial charge in [0, 0.05) is 19.1 Å². The smallest absolute Gasteiger partial charge is 0.0506 e. The first kappa shape index (κ1) is 10.0. The van der Waals surface area contributed by atoms with Gasteiger partial charge in [0.15, 0.2) is 0 Å². The summed E-state index contributed by atoms with van der Waals surface area (Å²) in [4.78, 5) is 4.94. The Balaban J connectivity index is 2.58. The topological polar surface area (TPSA) is 6.48 Å². The highest BCUT2D eigenvalue weighted by Gasteiger charge is 2.30. The van der Waals surface area contributed by atoms with Crippen LogP contribution in [0, 0.1) is 5.41 Å². The van der Waals surface area contributed by atoms with Gasteiger partial charge in [-0.1, -0.05) is 13.8 Å². The molecule has 12 heavy (non-hydrogen) atoms. The summed E-state index contributed by atoms with van der Waals surface area (Å²) in [5.74, 6) is 0. The molecule has 1 fully saturated rings. The van der Waals surface area contributed by atoms with Crippen molar-refractivity contribution < 1.29 is 0 Å². The Kier molecular flexibility index (Phi) is 2.79. The van der Waals surface area contributed by atoms with Gasteiger partial charge < -0.3 is 0 Å². The van der Waals surface area contributed by atoms with Gasteiger partial charge >= 0.3 is 0 Å². The summed E-state index contributed by atoms with van der Waals surface area (Å²) >= 11 is 0. The summed E-state index contributed by atoms with van der Waals surface area (Å²) in [7, 11) is 2.20. The lowest BCUT2D eigenvalue weighted by atomic mass is 9.90. The standard InChI is InChI=1S/C10H22N2/c1-9(2)12-7-10(3,4)6-11(5)8-12/h9H,6-8H2,1-5H3. The van der Waals surface area contributed by atoms with Crippen LogP contribution < -0.4 is 0 Å². The van der Waals surface area contributed by atoms with Crippen molar-refractivity contribution in [3.8, 4) is 0 Å². The number of nitrogens with zero attached hydrogens (tertiary/aromatic N) is 2. The largest absolute Gasteiger partial charge is 0.293 e. The van der Waals surface area contributed by atoms with Crippen LogP contribution in [-0.4, -0.2) is 42.6 Å². The lowest BCUT2D eigenvalue weighted by Gasteiger charge is -2.44. The molecule has 0 aromatic heterocycles. The van der Waals surface area contributed by atoms with Crippen molar-refractivity contribution in [1.82, 2.24) is 9.80 Å². The maximum Gasteiger partial charge on any atom is 0.0506 e. The van der Waals surface area contributed by atoms with Gasteiger partial charge in [0.2, 0.25) is 0 Å². The maximum atomic E-state index is 2.53. The molecule has 0 aromatic carbocycles. The van der Waals surface area contributed by atoms with Gasteiger partial charge in [0.25, 0.3) is 0 Å². The minimum atomic E-state index is 0.456. The Morgan fingerprint density at radius 1 is 1.17 bits per heavy atom. The van der Waals surface area contributed by atoms with Crippen molar-refractivity contribution >= 4 is 0 Å². The molecule has 2 nitrogen and oxygen atoms in total. The molecule has 0 aromatic rings. The third kappa shape index (κ3) is 2.46. The highest BCUT2D eigenvalue weighted by molar-refractivity contribution is 4.82. The van der Waals surface area contributed by atoms with Crippen LogP contribution in [0.5, 0.6) is 0 Å². The molecule has 0 bridgehead atoms. The maximum absolute atomic E-state index is 2.53. The Bertz CT molecular complexity index is 152. The van der Waals surface area contributed by atoms with E-state index in [1.54, 1.807) is 0 Å². The van der Waals surface area contributed by atoms with E-state index in [-0.39, 0.29) is 0 Å². The minimum absolute atomic E-state index is 0.456. The minimum Gasteiger partial charge on any atom is -0.293 e. The van der Waals surface area contributed by atoms with Crippen LogP contribution in [0.25, 0.3) is 0 Å². The molecule has 0 radical (unpaired) electrons. The van der Waals surface area contributed by atoms with E-state index >= 15 is 0 Å². The first-order valence-corrected chi connectivity index (χ1v) is 4.83. The molecule has 0 N–H and O–H groups in total. The molecule has 0 aliphatic carbocycles. The van der Waals surface area contributed by atoms with Crippen LogP contribution in [-0.2, 0) is 0 Å². The zero-order valence-electron chi connectivity index (χ0n) is 9.09. The summed E-state index contributed by atoms with van der Waals surface area (Å²) < 4.78 is 0. The molecule has 0 spiro atoms. The quantitative estimate of drug-likeness (QED) is 0.590. The van der Waals surface area contributed by atoms with Crippen molar-refractivity contribution in [2.75, 3.05) is 26.8 Å². The van der Waals surface area contributed by atoms with E-state index in [0.29, 0.717) is 11.5 Å². The SMILES string of the molecule is CC(C)N1CN(C)CC(C)(C)C1. The molecule has 1 saturated heterocycles. The number of rotatable bonds is 1. The predicted octanol–water partition coefficient (Wildman–Crippen LogP) is 1.63. The number of hydrogen-bond donors (Lipinski definition) is 0. The van der Waals surface area contributed by atoms with E-state index in [0.717, 1.165) is 6.67 Å². The first-order chi connectivity index (χ1) is 5.41. The van der Waals surface area contributed by atoms with E-state index in [1.807, 2.05) is 0 Å². The lowest BCUT2D eigenvalue weighted by Crippen LogP contribution is -2.53. The van der Waals surface area contributed by atoms with Crippen molar-refractivity contribution in [2.24, 2.45) is 5.41 Å². The highest BCUT2D eigenvalue weighted by Crippen LogP contribution is 2.24. The normalized spacial score (nSPS) is 26.5. The van der Waals surface area contributed by atoms with E-state index in [9.17, 15) is 0 Å². The first-order valence-electron chi connectivity index (χ1n) is 4.83. The highest BCUT2D eigenvalue weighted by atomic mass is 15.3. The molecule has 0 saturated carbocycles. The van der Waals surface area contributed by atoms with Gasteiger partial charge in [-0.3, -0.25) is 9.80 Å². The van der Waals surface area contributed by atoms with E-state index < -0.39 is 0 Å². The van der Waals surface area contributed by atoms with E-state index in [4.69, 9.17) is 0 Å². The van der Waals surface area contributed by atoms with Gasteiger partial charge in [-0.25, -0.2) is 0 Å². The molecule has 0 amide bonds. The fourth-order valence-corrected chi connectivity index (χ4v) is 2.09. The van der Waals surface area contributed by atoms with Crippen LogP contribution in [0.4, 0.5) is 0 Å². The third-order valence-corrected chi connectivity index (χ3v) is 2.48. The molecule has 1 heterocycles. The van der Waals surface area contributed by atoms with Crippen molar-refractivity contribution in [1.29, 1.82) is 0 Å². The fraction of sp³-hybridized carbons (Fsp3) is 1.00. The van der Waals surface area contributed by atoms with Gasteiger partial charge in [-0.05, 0) is 26.3 Å². The summed E-state index contributed by atoms with van der Waals surface area (Å²) in [5.41, 5.74) is 0.456. The third-order valence-electron chi connectivity index (χ3n) is 2.48. The van der Waals surface area contributed by atoms with Gasteiger partial charge in [0.05, 0.1) is 6.67 Å². The van der Waals surface area contributed by atoms with E-state index in [2.05, 4.69) is 44.5 Å². The van der Waals surface area contributed by atoms with Gasteiger partial charge in [-0.2, -0.15) is 0 Å². The summed E-state index contributed by atoms with van der Waals surface area (Å²) in [6, 6.07) is 0.673. The van der Waals surface area contributed by atoms with Gasteiger partial charge in [0.1, 0.15) is 0 Å². The van der Waals surface area contributed by atoms with Crippen LogP contribution in [0.15, 0.2) is 0 Å².